The fourth-order valence-electron chi connectivity index (χ4n) is 1.96. The van der Waals surface area contributed by atoms with Gasteiger partial charge in [-0.25, -0.2) is 4.98 Å². The lowest BCUT2D eigenvalue weighted by Crippen LogP contribution is -2.27. The summed E-state index contributed by atoms with van der Waals surface area (Å²) in [5.74, 6) is -0.0804. The zero-order chi connectivity index (χ0) is 17.5. The maximum atomic E-state index is 12.6. The molecule has 122 valence electrons. The second-order valence-corrected chi connectivity index (χ2v) is 9.03. The molecule has 0 aromatic carbocycles. The number of carbonyl (C=O) groups excluding carboxylic acids is 2. The highest BCUT2D eigenvalue weighted by Gasteiger charge is 2.30. The predicted octanol–water partition coefficient (Wildman–Crippen LogP) is 4.84. The Balaban J connectivity index is 3.55. The summed E-state index contributed by atoms with van der Waals surface area (Å²) in [6.45, 7) is 17.4. The highest BCUT2D eigenvalue weighted by molar-refractivity contribution is 6.02. The van der Waals surface area contributed by atoms with E-state index in [1.807, 2.05) is 53.7 Å². The normalized spacial score (nSPS) is 13.1. The summed E-state index contributed by atoms with van der Waals surface area (Å²) in [5, 5.41) is 0. The quantitative estimate of drug-likeness (QED) is 0.735. The van der Waals surface area contributed by atoms with Crippen LogP contribution in [0.4, 0.5) is 0 Å². The number of carbonyl (C=O) groups is 2. The molecular formula is C19H29NO2. The standard InChI is InChI=1S/C19H29NO2/c1-17(2,3)12-10-13(15(21)18(4,5)6)20-14(11-12)16(22)19(7,8)9/h10-11H,1-9H3. The van der Waals surface area contributed by atoms with Gasteiger partial charge in [0.1, 0.15) is 11.4 Å². The Morgan fingerprint density at radius 3 is 1.27 bits per heavy atom. The van der Waals surface area contributed by atoms with Gasteiger partial charge in [0.25, 0.3) is 0 Å². The van der Waals surface area contributed by atoms with Crippen LogP contribution in [0, 0.1) is 10.8 Å². The number of rotatable bonds is 2. The molecule has 3 nitrogen and oxygen atoms in total. The summed E-state index contributed by atoms with van der Waals surface area (Å²) >= 11 is 0. The Morgan fingerprint density at radius 1 is 0.727 bits per heavy atom. The molecule has 1 heterocycles. The fourth-order valence-corrected chi connectivity index (χ4v) is 1.96. The second kappa shape index (κ2) is 5.60. The minimum absolute atomic E-state index is 0.0402. The van der Waals surface area contributed by atoms with Crippen LogP contribution in [0.15, 0.2) is 12.1 Å². The van der Waals surface area contributed by atoms with Crippen molar-refractivity contribution in [2.75, 3.05) is 0 Å². The van der Waals surface area contributed by atoms with E-state index in [0.717, 1.165) is 5.56 Å². The summed E-state index contributed by atoms with van der Waals surface area (Å²) in [5.41, 5.74) is 0.530. The Bertz CT molecular complexity index is 549. The molecule has 0 fully saturated rings. The molecule has 0 N–H and O–H groups in total. The van der Waals surface area contributed by atoms with Gasteiger partial charge < -0.3 is 0 Å². The number of aromatic nitrogens is 1. The largest absolute Gasteiger partial charge is 0.292 e. The first-order valence-corrected chi connectivity index (χ1v) is 7.76. The van der Waals surface area contributed by atoms with Crippen molar-refractivity contribution in [2.45, 2.75) is 67.7 Å². The van der Waals surface area contributed by atoms with Gasteiger partial charge in [-0.3, -0.25) is 9.59 Å². The van der Waals surface area contributed by atoms with E-state index in [1.54, 1.807) is 0 Å². The fraction of sp³-hybridized carbons (Fsp3) is 0.632. The third kappa shape index (κ3) is 4.25. The van der Waals surface area contributed by atoms with Gasteiger partial charge in [0, 0.05) is 10.8 Å². The minimum Gasteiger partial charge on any atom is -0.292 e. The van der Waals surface area contributed by atoms with Crippen LogP contribution in [0.1, 0.15) is 88.9 Å². The van der Waals surface area contributed by atoms with Gasteiger partial charge in [-0.2, -0.15) is 0 Å². The molecule has 1 aromatic heterocycles. The van der Waals surface area contributed by atoms with E-state index in [4.69, 9.17) is 0 Å². The van der Waals surface area contributed by atoms with Gasteiger partial charge in [0.05, 0.1) is 0 Å². The molecule has 0 atom stereocenters. The molecule has 1 aromatic rings. The van der Waals surface area contributed by atoms with E-state index in [2.05, 4.69) is 25.8 Å². The summed E-state index contributed by atoms with van der Waals surface area (Å²) in [7, 11) is 0. The predicted molar refractivity (Wildman–Crippen MR) is 90.5 cm³/mol. The number of Topliss-reactive ketones (excluding diaryl/α,β-unsaturated/α-hetero) is 2. The average Bonchev–Trinajstić information content (AvgIpc) is 2.33. The highest BCUT2D eigenvalue weighted by Crippen LogP contribution is 2.29. The summed E-state index contributed by atoms with van der Waals surface area (Å²) in [4.78, 5) is 29.6. The first kappa shape index (κ1) is 18.5. The Labute approximate surface area is 134 Å². The number of ketones is 2. The molecule has 0 aliphatic heterocycles. The molecule has 0 aliphatic carbocycles. The molecule has 22 heavy (non-hydrogen) atoms. The molecule has 0 unspecified atom stereocenters. The summed E-state index contributed by atoms with van der Waals surface area (Å²) in [6, 6.07) is 3.65. The van der Waals surface area contributed by atoms with E-state index in [0.29, 0.717) is 11.4 Å². The number of hydrogen-bond donors (Lipinski definition) is 0. The van der Waals surface area contributed by atoms with Gasteiger partial charge in [0.15, 0.2) is 11.6 Å². The van der Waals surface area contributed by atoms with Crippen LogP contribution in [0.3, 0.4) is 0 Å². The Kier molecular flexibility index (Phi) is 4.72. The molecule has 1 rings (SSSR count). The monoisotopic (exact) mass is 303 g/mol. The van der Waals surface area contributed by atoms with Crippen molar-refractivity contribution in [1.82, 2.24) is 4.98 Å². The highest BCUT2D eigenvalue weighted by atomic mass is 16.1. The van der Waals surface area contributed by atoms with Crippen LogP contribution < -0.4 is 0 Å². The lowest BCUT2D eigenvalue weighted by molar-refractivity contribution is 0.0844. The Hall–Kier alpha value is -1.51. The van der Waals surface area contributed by atoms with E-state index in [-0.39, 0.29) is 17.0 Å². The average molecular weight is 303 g/mol. The zero-order valence-electron chi connectivity index (χ0n) is 15.4. The lowest BCUT2D eigenvalue weighted by Gasteiger charge is -2.24. The third-order valence-electron chi connectivity index (χ3n) is 3.52. The molecule has 0 amide bonds. The van der Waals surface area contributed by atoms with Gasteiger partial charge in [-0.05, 0) is 23.1 Å². The van der Waals surface area contributed by atoms with E-state index in [1.165, 1.54) is 0 Å². The van der Waals surface area contributed by atoms with E-state index >= 15 is 0 Å². The molecule has 0 bridgehead atoms. The van der Waals surface area contributed by atoms with Gasteiger partial charge in [-0.15, -0.1) is 0 Å². The summed E-state index contributed by atoms with van der Waals surface area (Å²) < 4.78 is 0. The number of nitrogens with zero attached hydrogens (tertiary/aromatic N) is 1. The van der Waals surface area contributed by atoms with Gasteiger partial charge in [0.2, 0.25) is 0 Å². The second-order valence-electron chi connectivity index (χ2n) is 9.03. The van der Waals surface area contributed by atoms with Crippen molar-refractivity contribution in [3.05, 3.63) is 29.1 Å². The maximum absolute atomic E-state index is 12.6. The van der Waals surface area contributed by atoms with Crippen molar-refractivity contribution in [1.29, 1.82) is 0 Å². The van der Waals surface area contributed by atoms with E-state index in [9.17, 15) is 9.59 Å². The molecular weight excluding hydrogens is 274 g/mol. The van der Waals surface area contributed by atoms with Crippen molar-refractivity contribution in [3.8, 4) is 0 Å². The molecule has 0 saturated carbocycles. The van der Waals surface area contributed by atoms with E-state index < -0.39 is 10.8 Å². The lowest BCUT2D eigenvalue weighted by atomic mass is 9.82. The third-order valence-corrected chi connectivity index (χ3v) is 3.52. The first-order valence-electron chi connectivity index (χ1n) is 7.76. The van der Waals surface area contributed by atoms with Gasteiger partial charge >= 0.3 is 0 Å². The summed E-state index contributed by atoms with van der Waals surface area (Å²) in [6.07, 6.45) is 0. The van der Waals surface area contributed by atoms with Crippen LogP contribution in [-0.2, 0) is 5.41 Å². The first-order chi connectivity index (χ1) is 9.64. The topological polar surface area (TPSA) is 47.0 Å². The van der Waals surface area contributed by atoms with Crippen LogP contribution in [0.2, 0.25) is 0 Å². The van der Waals surface area contributed by atoms with Crippen LogP contribution in [0.25, 0.3) is 0 Å². The van der Waals surface area contributed by atoms with Crippen LogP contribution >= 0.6 is 0 Å². The molecule has 0 spiro atoms. The number of hydrogen-bond acceptors (Lipinski definition) is 3. The molecule has 3 heteroatoms. The smallest absolute Gasteiger partial charge is 0.186 e. The van der Waals surface area contributed by atoms with Crippen molar-refractivity contribution in [3.63, 3.8) is 0 Å². The van der Waals surface area contributed by atoms with Crippen molar-refractivity contribution in [2.24, 2.45) is 10.8 Å². The van der Waals surface area contributed by atoms with Gasteiger partial charge in [-0.1, -0.05) is 62.3 Å². The van der Waals surface area contributed by atoms with Crippen LogP contribution in [-0.4, -0.2) is 16.6 Å². The van der Waals surface area contributed by atoms with Crippen molar-refractivity contribution >= 4 is 11.6 Å². The van der Waals surface area contributed by atoms with Crippen LogP contribution in [0.5, 0.6) is 0 Å². The molecule has 0 radical (unpaired) electrons. The molecule has 0 saturated heterocycles. The molecule has 0 aliphatic rings. The van der Waals surface area contributed by atoms with Crippen molar-refractivity contribution < 1.29 is 9.59 Å². The minimum atomic E-state index is -0.522. The SMILES string of the molecule is CC(C)(C)C(=O)c1cc(C(C)(C)C)cc(C(=O)C(C)(C)C)n1. The Morgan fingerprint density at radius 2 is 1.05 bits per heavy atom. The number of pyridine rings is 1. The maximum Gasteiger partial charge on any atom is 0.186 e. The zero-order valence-corrected chi connectivity index (χ0v) is 15.4.